The Balaban J connectivity index is 1.98. The number of aliphatic imine (C=N–C) groups is 1. The van der Waals surface area contributed by atoms with Crippen LogP contribution in [0.4, 0.5) is 4.39 Å². The summed E-state index contributed by atoms with van der Waals surface area (Å²) in [6, 6.07) is 5.46. The fourth-order valence-corrected chi connectivity index (χ4v) is 4.36. The number of allylic oxidation sites excluding steroid dienone is 1. The fraction of sp³-hybridized carbons (Fsp3) is 0.348. The average Bonchev–Trinajstić information content (AvgIpc) is 3.13. The van der Waals surface area contributed by atoms with E-state index in [2.05, 4.69) is 16.9 Å². The summed E-state index contributed by atoms with van der Waals surface area (Å²) in [5.74, 6) is -0.998. The third-order valence-corrected chi connectivity index (χ3v) is 5.99. The highest BCUT2D eigenvalue weighted by Crippen LogP contribution is 2.44. The Morgan fingerprint density at radius 3 is 2.74 bits per heavy atom. The van der Waals surface area contributed by atoms with Crippen LogP contribution in [-0.4, -0.2) is 34.6 Å². The number of thioether (sulfide) groups is 1. The maximum atomic E-state index is 13.6. The first-order valence-corrected chi connectivity index (χ1v) is 11.0. The zero-order valence-electron chi connectivity index (χ0n) is 17.9. The third-order valence-electron chi connectivity index (χ3n) is 5.10. The average molecular weight is 444 g/mol. The maximum absolute atomic E-state index is 13.6. The number of amides is 1. The molecule has 0 radical (unpaired) electrons. The minimum absolute atomic E-state index is 0.0659. The lowest BCUT2D eigenvalue weighted by atomic mass is 9.94. The Labute approximate surface area is 185 Å². The third kappa shape index (κ3) is 5.07. The molecular formula is C23H26FN3O3S. The van der Waals surface area contributed by atoms with Crippen molar-refractivity contribution in [1.82, 2.24) is 10.2 Å². The maximum Gasteiger partial charge on any atom is 0.338 e. The van der Waals surface area contributed by atoms with Gasteiger partial charge in [-0.2, -0.15) is 0 Å². The number of nitrogens with one attached hydrogen (secondary N) is 1. The van der Waals surface area contributed by atoms with E-state index in [1.54, 1.807) is 19.1 Å². The molecule has 2 aliphatic rings. The number of halogens is 1. The quantitative estimate of drug-likeness (QED) is 0.475. The highest BCUT2D eigenvalue weighted by atomic mass is 32.2. The van der Waals surface area contributed by atoms with Crippen LogP contribution < -0.4 is 5.32 Å². The lowest BCUT2D eigenvalue weighted by Crippen LogP contribution is -2.39. The number of rotatable bonds is 8. The molecule has 2 unspecified atom stereocenters. The van der Waals surface area contributed by atoms with Crippen molar-refractivity contribution in [2.45, 2.75) is 45.7 Å². The van der Waals surface area contributed by atoms with Gasteiger partial charge >= 0.3 is 5.97 Å². The lowest BCUT2D eigenvalue weighted by Gasteiger charge is -2.36. The Kier molecular flexibility index (Phi) is 7.33. The van der Waals surface area contributed by atoms with Gasteiger partial charge < -0.3 is 15.0 Å². The van der Waals surface area contributed by atoms with Gasteiger partial charge in [-0.25, -0.2) is 14.2 Å². The van der Waals surface area contributed by atoms with Gasteiger partial charge in [-0.3, -0.25) is 4.79 Å². The summed E-state index contributed by atoms with van der Waals surface area (Å²) in [6.45, 7) is 9.35. The van der Waals surface area contributed by atoms with Gasteiger partial charge in [0.25, 0.3) is 0 Å². The summed E-state index contributed by atoms with van der Waals surface area (Å²) in [7, 11) is 0. The SMILES string of the molecule is C=CCOC(=O)C1=C(C)N=C2SC=C(CC(=O)NC(C)CC)N2C1c1ccc(F)cc1. The first-order valence-electron chi connectivity index (χ1n) is 10.1. The van der Waals surface area contributed by atoms with Gasteiger partial charge in [-0.15, -0.1) is 0 Å². The van der Waals surface area contributed by atoms with Crippen molar-refractivity contribution in [3.63, 3.8) is 0 Å². The van der Waals surface area contributed by atoms with Crippen LogP contribution >= 0.6 is 11.8 Å². The number of carbonyl (C=O) groups is 2. The molecule has 0 saturated heterocycles. The lowest BCUT2D eigenvalue weighted by molar-refractivity contribution is -0.138. The molecule has 1 aromatic rings. The van der Waals surface area contributed by atoms with Crippen LogP contribution in [0.15, 0.2) is 64.3 Å². The summed E-state index contributed by atoms with van der Waals surface area (Å²) >= 11 is 1.40. The van der Waals surface area contributed by atoms with Crippen LogP contribution in [0.2, 0.25) is 0 Å². The molecule has 164 valence electrons. The molecule has 2 aliphatic heterocycles. The van der Waals surface area contributed by atoms with Crippen LogP contribution in [0.5, 0.6) is 0 Å². The van der Waals surface area contributed by atoms with Crippen molar-refractivity contribution >= 4 is 28.8 Å². The summed E-state index contributed by atoms with van der Waals surface area (Å²) in [4.78, 5) is 31.9. The normalized spacial score (nSPS) is 18.7. The first kappa shape index (κ1) is 22.8. The Morgan fingerprint density at radius 2 is 2.10 bits per heavy atom. The fourth-order valence-electron chi connectivity index (χ4n) is 3.40. The molecule has 8 heteroatoms. The van der Waals surface area contributed by atoms with Crippen LogP contribution in [-0.2, 0) is 14.3 Å². The van der Waals surface area contributed by atoms with E-state index in [0.717, 1.165) is 12.1 Å². The number of benzene rings is 1. The van der Waals surface area contributed by atoms with E-state index in [9.17, 15) is 14.0 Å². The van der Waals surface area contributed by atoms with Gasteiger partial charge in [0.1, 0.15) is 12.4 Å². The van der Waals surface area contributed by atoms with E-state index in [1.807, 2.05) is 24.2 Å². The molecule has 0 saturated carbocycles. The molecule has 1 aromatic carbocycles. The molecule has 6 nitrogen and oxygen atoms in total. The second kappa shape index (κ2) is 9.96. The van der Waals surface area contributed by atoms with Gasteiger partial charge in [-0.1, -0.05) is 43.5 Å². The molecule has 0 fully saturated rings. The van der Waals surface area contributed by atoms with Crippen LogP contribution in [0, 0.1) is 5.82 Å². The molecule has 0 aromatic heterocycles. The number of fused-ring (bicyclic) bond motifs is 1. The monoisotopic (exact) mass is 443 g/mol. The number of esters is 1. The smallest absolute Gasteiger partial charge is 0.338 e. The van der Waals surface area contributed by atoms with E-state index in [0.29, 0.717) is 22.0 Å². The zero-order chi connectivity index (χ0) is 22.5. The van der Waals surface area contributed by atoms with Crippen molar-refractivity contribution in [2.24, 2.45) is 4.99 Å². The second-order valence-corrected chi connectivity index (χ2v) is 8.22. The molecule has 0 bridgehead atoms. The largest absolute Gasteiger partial charge is 0.458 e. The predicted molar refractivity (Wildman–Crippen MR) is 120 cm³/mol. The highest BCUT2D eigenvalue weighted by Gasteiger charge is 2.41. The summed E-state index contributed by atoms with van der Waals surface area (Å²) < 4.78 is 18.9. The van der Waals surface area contributed by atoms with Gasteiger partial charge in [-0.05, 0) is 43.4 Å². The number of ether oxygens (including phenoxy) is 1. The van der Waals surface area contributed by atoms with Crippen molar-refractivity contribution in [3.05, 3.63) is 70.7 Å². The number of amidine groups is 1. The Morgan fingerprint density at radius 1 is 1.39 bits per heavy atom. The van der Waals surface area contributed by atoms with E-state index >= 15 is 0 Å². The van der Waals surface area contributed by atoms with Crippen molar-refractivity contribution in [1.29, 1.82) is 0 Å². The molecule has 2 heterocycles. The minimum Gasteiger partial charge on any atom is -0.458 e. The number of carbonyl (C=O) groups excluding carboxylic acids is 2. The molecular weight excluding hydrogens is 417 g/mol. The van der Waals surface area contributed by atoms with Gasteiger partial charge in [0.2, 0.25) is 5.91 Å². The molecule has 3 rings (SSSR count). The van der Waals surface area contributed by atoms with E-state index < -0.39 is 12.0 Å². The van der Waals surface area contributed by atoms with Crippen LogP contribution in [0.25, 0.3) is 0 Å². The highest BCUT2D eigenvalue weighted by molar-refractivity contribution is 8.16. The van der Waals surface area contributed by atoms with Crippen molar-refractivity contribution in [2.75, 3.05) is 6.61 Å². The topological polar surface area (TPSA) is 71.0 Å². The molecule has 2 atom stereocenters. The molecule has 31 heavy (non-hydrogen) atoms. The van der Waals surface area contributed by atoms with E-state index in [1.165, 1.54) is 30.0 Å². The Bertz CT molecular complexity index is 969. The summed E-state index contributed by atoms with van der Waals surface area (Å²) in [6.07, 6.45) is 2.46. The summed E-state index contributed by atoms with van der Waals surface area (Å²) in [5, 5.41) is 5.50. The van der Waals surface area contributed by atoms with Crippen molar-refractivity contribution < 1.29 is 18.7 Å². The minimum atomic E-state index is -0.580. The molecule has 1 N–H and O–H groups in total. The number of hydrogen-bond acceptors (Lipinski definition) is 6. The zero-order valence-corrected chi connectivity index (χ0v) is 18.7. The second-order valence-electron chi connectivity index (χ2n) is 7.39. The molecule has 0 aliphatic carbocycles. The molecule has 0 spiro atoms. The number of nitrogens with zero attached hydrogens (tertiary/aromatic N) is 2. The van der Waals surface area contributed by atoms with E-state index in [4.69, 9.17) is 4.74 Å². The number of hydrogen-bond donors (Lipinski definition) is 1. The van der Waals surface area contributed by atoms with Gasteiger partial charge in [0.15, 0.2) is 5.17 Å². The van der Waals surface area contributed by atoms with Gasteiger partial charge in [0.05, 0.1) is 23.7 Å². The van der Waals surface area contributed by atoms with E-state index in [-0.39, 0.29) is 30.8 Å². The van der Waals surface area contributed by atoms with Crippen molar-refractivity contribution in [3.8, 4) is 0 Å². The standard InChI is InChI=1S/C23H26FN3O3S/c1-5-11-30-22(29)20-15(4)26-23-27(21(20)16-7-9-17(24)10-8-16)18(13-31-23)12-19(28)25-14(3)6-2/h5,7-10,13-14,21H,1,6,11-12H2,2-4H3,(H,25,28). The Hall–Kier alpha value is -2.87. The van der Waals surface area contributed by atoms with Gasteiger partial charge in [0, 0.05) is 11.7 Å². The van der Waals surface area contributed by atoms with Crippen LogP contribution in [0.1, 0.15) is 45.2 Å². The first-order chi connectivity index (χ1) is 14.8. The molecule has 1 amide bonds. The summed E-state index contributed by atoms with van der Waals surface area (Å²) in [5.41, 5.74) is 2.31. The van der Waals surface area contributed by atoms with Crippen LogP contribution in [0.3, 0.4) is 0 Å². The predicted octanol–water partition coefficient (Wildman–Crippen LogP) is 4.43.